The standard InChI is InChI=1S/C22H31F3/c1-2-5-16-10-12-17(13-11-16)18-6-3-7-19(14-18)20-8-4-9-21(15-20)22(23,24)25/h4,8-9,15-19H,2-3,5-7,10-14H2,1H3. The number of rotatable bonds is 4. The molecule has 0 heterocycles. The number of hydrogen-bond donors (Lipinski definition) is 0. The summed E-state index contributed by atoms with van der Waals surface area (Å²) in [6.45, 7) is 2.27. The quantitative estimate of drug-likeness (QED) is 0.524. The molecule has 1 aromatic rings. The molecule has 0 aliphatic heterocycles. The average molecular weight is 352 g/mol. The highest BCUT2D eigenvalue weighted by Crippen LogP contribution is 2.45. The highest BCUT2D eigenvalue weighted by atomic mass is 19.4. The van der Waals surface area contributed by atoms with Gasteiger partial charge >= 0.3 is 6.18 Å². The molecule has 2 aliphatic carbocycles. The number of alkyl halides is 3. The maximum absolute atomic E-state index is 13.0. The van der Waals surface area contributed by atoms with E-state index in [4.69, 9.17) is 0 Å². The molecule has 2 aliphatic rings. The molecule has 3 heteroatoms. The van der Waals surface area contributed by atoms with Crippen LogP contribution in [0.5, 0.6) is 0 Å². The fraction of sp³-hybridized carbons (Fsp3) is 0.727. The summed E-state index contributed by atoms with van der Waals surface area (Å²) in [5, 5.41) is 0. The first-order valence-corrected chi connectivity index (χ1v) is 10.1. The number of halogens is 3. The summed E-state index contributed by atoms with van der Waals surface area (Å²) in [6, 6.07) is 6.07. The van der Waals surface area contributed by atoms with Crippen LogP contribution in [0.3, 0.4) is 0 Å². The van der Waals surface area contributed by atoms with Crippen molar-refractivity contribution in [1.29, 1.82) is 0 Å². The lowest BCUT2D eigenvalue weighted by molar-refractivity contribution is -0.137. The van der Waals surface area contributed by atoms with Gasteiger partial charge in [0.25, 0.3) is 0 Å². The van der Waals surface area contributed by atoms with E-state index in [1.54, 1.807) is 6.07 Å². The van der Waals surface area contributed by atoms with Gasteiger partial charge in [0, 0.05) is 0 Å². The van der Waals surface area contributed by atoms with E-state index < -0.39 is 11.7 Å². The molecule has 0 aromatic heterocycles. The van der Waals surface area contributed by atoms with E-state index in [9.17, 15) is 13.2 Å². The Morgan fingerprint density at radius 1 is 0.960 bits per heavy atom. The van der Waals surface area contributed by atoms with Gasteiger partial charge in [0.1, 0.15) is 0 Å². The van der Waals surface area contributed by atoms with Gasteiger partial charge in [0.15, 0.2) is 0 Å². The predicted octanol–water partition coefficient (Wildman–Crippen LogP) is 7.59. The minimum atomic E-state index is -4.23. The molecular formula is C22H31F3. The van der Waals surface area contributed by atoms with Crippen molar-refractivity contribution in [3.63, 3.8) is 0 Å². The van der Waals surface area contributed by atoms with Crippen molar-refractivity contribution >= 4 is 0 Å². The third-order valence-electron chi connectivity index (χ3n) is 6.66. The lowest BCUT2D eigenvalue weighted by Crippen LogP contribution is -2.26. The normalized spacial score (nSPS) is 31.0. The summed E-state index contributed by atoms with van der Waals surface area (Å²) in [4.78, 5) is 0. The number of hydrogen-bond acceptors (Lipinski definition) is 0. The van der Waals surface area contributed by atoms with E-state index in [-0.39, 0.29) is 0 Å². The number of benzene rings is 1. The predicted molar refractivity (Wildman–Crippen MR) is 96.5 cm³/mol. The fourth-order valence-electron chi connectivity index (χ4n) is 5.28. The third-order valence-corrected chi connectivity index (χ3v) is 6.66. The van der Waals surface area contributed by atoms with Crippen molar-refractivity contribution in [2.45, 2.75) is 83.2 Å². The van der Waals surface area contributed by atoms with Crippen LogP contribution in [0.2, 0.25) is 0 Å². The second-order valence-corrected chi connectivity index (χ2v) is 8.32. The SMILES string of the molecule is CCCC1CCC(C2CCCC(c3cccc(C(F)(F)F)c3)C2)CC1. The second kappa shape index (κ2) is 8.14. The maximum atomic E-state index is 13.0. The Morgan fingerprint density at radius 2 is 1.72 bits per heavy atom. The van der Waals surface area contributed by atoms with Gasteiger partial charge in [-0.15, -0.1) is 0 Å². The lowest BCUT2D eigenvalue weighted by atomic mass is 9.67. The summed E-state index contributed by atoms with van der Waals surface area (Å²) in [7, 11) is 0. The Bertz CT molecular complexity index is 540. The van der Waals surface area contributed by atoms with Crippen LogP contribution in [0.1, 0.15) is 88.2 Å². The molecule has 0 bridgehead atoms. The minimum Gasteiger partial charge on any atom is -0.166 e. The first kappa shape index (κ1) is 18.8. The van der Waals surface area contributed by atoms with Crippen LogP contribution < -0.4 is 0 Å². The zero-order valence-electron chi connectivity index (χ0n) is 15.3. The summed E-state index contributed by atoms with van der Waals surface area (Å²) < 4.78 is 39.0. The van der Waals surface area contributed by atoms with Crippen molar-refractivity contribution in [3.8, 4) is 0 Å². The van der Waals surface area contributed by atoms with E-state index in [0.717, 1.165) is 36.2 Å². The van der Waals surface area contributed by atoms with Crippen molar-refractivity contribution < 1.29 is 13.2 Å². The van der Waals surface area contributed by atoms with Gasteiger partial charge in [0.2, 0.25) is 0 Å². The molecule has 0 spiro atoms. The first-order chi connectivity index (χ1) is 12.0. The zero-order valence-corrected chi connectivity index (χ0v) is 15.3. The third kappa shape index (κ3) is 4.80. The van der Waals surface area contributed by atoms with Crippen LogP contribution >= 0.6 is 0 Å². The van der Waals surface area contributed by atoms with Gasteiger partial charge in [-0.25, -0.2) is 0 Å². The van der Waals surface area contributed by atoms with Crippen LogP contribution in [0.25, 0.3) is 0 Å². The highest BCUT2D eigenvalue weighted by molar-refractivity contribution is 5.28. The Balaban J connectivity index is 1.62. The molecule has 1 aromatic carbocycles. The van der Waals surface area contributed by atoms with Gasteiger partial charge in [-0.05, 0) is 61.0 Å². The van der Waals surface area contributed by atoms with Gasteiger partial charge in [-0.1, -0.05) is 63.6 Å². The largest absolute Gasteiger partial charge is 0.416 e. The van der Waals surface area contributed by atoms with Crippen molar-refractivity contribution in [1.82, 2.24) is 0 Å². The molecule has 2 atom stereocenters. The Kier molecular flexibility index (Phi) is 6.12. The average Bonchev–Trinajstić information content (AvgIpc) is 2.62. The summed E-state index contributed by atoms with van der Waals surface area (Å²) in [5.41, 5.74) is 0.409. The van der Waals surface area contributed by atoms with Crippen LogP contribution in [-0.4, -0.2) is 0 Å². The van der Waals surface area contributed by atoms with E-state index in [0.29, 0.717) is 5.92 Å². The van der Waals surface area contributed by atoms with Crippen molar-refractivity contribution in [3.05, 3.63) is 35.4 Å². The van der Waals surface area contributed by atoms with Crippen LogP contribution in [-0.2, 0) is 6.18 Å². The maximum Gasteiger partial charge on any atom is 0.416 e. The second-order valence-electron chi connectivity index (χ2n) is 8.32. The molecule has 2 fully saturated rings. The van der Waals surface area contributed by atoms with Crippen molar-refractivity contribution in [2.24, 2.45) is 17.8 Å². The Labute approximate surface area is 150 Å². The van der Waals surface area contributed by atoms with E-state index in [2.05, 4.69) is 6.92 Å². The molecule has 140 valence electrons. The van der Waals surface area contributed by atoms with E-state index >= 15 is 0 Å². The van der Waals surface area contributed by atoms with Gasteiger partial charge < -0.3 is 0 Å². The molecular weight excluding hydrogens is 321 g/mol. The smallest absolute Gasteiger partial charge is 0.166 e. The molecule has 2 unspecified atom stereocenters. The van der Waals surface area contributed by atoms with Crippen LogP contribution in [0.15, 0.2) is 24.3 Å². The van der Waals surface area contributed by atoms with Crippen LogP contribution in [0.4, 0.5) is 13.2 Å². The fourth-order valence-corrected chi connectivity index (χ4v) is 5.28. The van der Waals surface area contributed by atoms with E-state index in [1.807, 2.05) is 6.07 Å². The van der Waals surface area contributed by atoms with Gasteiger partial charge in [-0.2, -0.15) is 13.2 Å². The molecule has 0 saturated heterocycles. The molecule has 0 nitrogen and oxygen atoms in total. The van der Waals surface area contributed by atoms with E-state index in [1.165, 1.54) is 63.5 Å². The minimum absolute atomic E-state index is 0.314. The molecule has 25 heavy (non-hydrogen) atoms. The zero-order chi connectivity index (χ0) is 17.9. The van der Waals surface area contributed by atoms with Crippen molar-refractivity contribution in [2.75, 3.05) is 0 Å². The monoisotopic (exact) mass is 352 g/mol. The lowest BCUT2D eigenvalue weighted by Gasteiger charge is -2.38. The summed E-state index contributed by atoms with van der Waals surface area (Å²) in [6.07, 6.45) is 8.40. The Hall–Kier alpha value is -0.990. The first-order valence-electron chi connectivity index (χ1n) is 10.1. The topological polar surface area (TPSA) is 0 Å². The summed E-state index contributed by atoms with van der Waals surface area (Å²) >= 11 is 0. The van der Waals surface area contributed by atoms with Gasteiger partial charge in [-0.3, -0.25) is 0 Å². The molecule has 2 saturated carbocycles. The molecule has 0 radical (unpaired) electrons. The Morgan fingerprint density at radius 3 is 2.40 bits per heavy atom. The van der Waals surface area contributed by atoms with Gasteiger partial charge in [0.05, 0.1) is 5.56 Å². The highest BCUT2D eigenvalue weighted by Gasteiger charge is 2.34. The molecule has 0 N–H and O–H groups in total. The summed E-state index contributed by atoms with van der Waals surface area (Å²) in [5.74, 6) is 2.76. The molecule has 3 rings (SSSR count). The molecule has 0 amide bonds. The van der Waals surface area contributed by atoms with Crippen LogP contribution in [0, 0.1) is 17.8 Å².